The molecule has 0 radical (unpaired) electrons. The fraction of sp³-hybridized carbons (Fsp3) is 0.333. The van der Waals surface area contributed by atoms with Gasteiger partial charge in [0, 0.05) is 24.2 Å². The lowest BCUT2D eigenvalue weighted by Crippen LogP contribution is -2.45. The highest BCUT2D eigenvalue weighted by molar-refractivity contribution is 7.92. The lowest BCUT2D eigenvalue weighted by Gasteiger charge is -2.37. The first-order chi connectivity index (χ1) is 12.2. The van der Waals surface area contributed by atoms with Crippen molar-refractivity contribution < 1.29 is 17.5 Å². The van der Waals surface area contributed by atoms with E-state index < -0.39 is 15.8 Å². The summed E-state index contributed by atoms with van der Waals surface area (Å²) in [6.07, 6.45) is 0.00229. The van der Waals surface area contributed by atoms with Crippen LogP contribution < -0.4 is 9.62 Å². The molecule has 1 aliphatic rings. The second-order valence-electron chi connectivity index (χ2n) is 6.39. The van der Waals surface area contributed by atoms with Gasteiger partial charge in [-0.3, -0.25) is 4.72 Å². The van der Waals surface area contributed by atoms with Gasteiger partial charge in [0.2, 0.25) is 0 Å². The van der Waals surface area contributed by atoms with Crippen molar-refractivity contribution in [3.05, 3.63) is 53.3 Å². The maximum atomic E-state index is 14.6. The van der Waals surface area contributed by atoms with E-state index in [4.69, 9.17) is 16.3 Å². The van der Waals surface area contributed by atoms with Crippen molar-refractivity contribution in [3.63, 3.8) is 0 Å². The Bertz CT molecular complexity index is 880. The third-order valence-corrected chi connectivity index (χ3v) is 5.73. The van der Waals surface area contributed by atoms with E-state index in [1.54, 1.807) is 12.1 Å². The number of hydrogen-bond donors (Lipinski definition) is 1. The van der Waals surface area contributed by atoms with Crippen LogP contribution in [0.3, 0.4) is 0 Å². The van der Waals surface area contributed by atoms with Gasteiger partial charge in [-0.1, -0.05) is 11.6 Å². The van der Waals surface area contributed by atoms with Crippen LogP contribution in [0.25, 0.3) is 0 Å². The number of ether oxygens (including phenoxy) is 1. The van der Waals surface area contributed by atoms with Crippen LogP contribution >= 0.6 is 11.6 Å². The molecule has 2 unspecified atom stereocenters. The van der Waals surface area contributed by atoms with E-state index >= 15 is 0 Å². The van der Waals surface area contributed by atoms with Gasteiger partial charge >= 0.3 is 0 Å². The monoisotopic (exact) mass is 398 g/mol. The van der Waals surface area contributed by atoms with Gasteiger partial charge in [0.05, 0.1) is 28.5 Å². The number of hydrogen-bond acceptors (Lipinski definition) is 4. The molecule has 1 saturated heterocycles. The van der Waals surface area contributed by atoms with Gasteiger partial charge in [-0.15, -0.1) is 0 Å². The minimum atomic E-state index is -3.81. The number of benzene rings is 2. The molecule has 140 valence electrons. The van der Waals surface area contributed by atoms with Gasteiger partial charge in [0.25, 0.3) is 10.0 Å². The molecule has 26 heavy (non-hydrogen) atoms. The Morgan fingerprint density at radius 3 is 2.31 bits per heavy atom. The normalized spacial score (nSPS) is 20.8. The third kappa shape index (κ3) is 4.28. The Morgan fingerprint density at radius 2 is 1.73 bits per heavy atom. The Morgan fingerprint density at radius 1 is 1.12 bits per heavy atom. The Labute approximate surface area is 157 Å². The topological polar surface area (TPSA) is 58.6 Å². The van der Waals surface area contributed by atoms with Crippen LogP contribution in [0.1, 0.15) is 13.8 Å². The minimum Gasteiger partial charge on any atom is -0.372 e. The molecule has 0 amide bonds. The molecule has 3 rings (SSSR count). The first-order valence-electron chi connectivity index (χ1n) is 8.23. The number of rotatable bonds is 4. The SMILES string of the molecule is CC1CN(c2ccc(NS(=O)(=O)c3ccc(Cl)cc3)cc2F)CC(C)O1. The molecule has 0 aromatic heterocycles. The predicted molar refractivity (Wildman–Crippen MR) is 101 cm³/mol. The zero-order valence-electron chi connectivity index (χ0n) is 14.4. The minimum absolute atomic E-state index is 0.00114. The molecule has 0 spiro atoms. The smallest absolute Gasteiger partial charge is 0.261 e. The Balaban J connectivity index is 1.80. The highest BCUT2D eigenvalue weighted by Crippen LogP contribution is 2.27. The maximum Gasteiger partial charge on any atom is 0.261 e. The lowest BCUT2D eigenvalue weighted by molar-refractivity contribution is -0.00539. The summed E-state index contributed by atoms with van der Waals surface area (Å²) in [6.45, 7) is 5.04. The molecule has 1 heterocycles. The largest absolute Gasteiger partial charge is 0.372 e. The number of anilines is 2. The van der Waals surface area contributed by atoms with E-state index in [1.165, 1.54) is 30.3 Å². The van der Waals surface area contributed by atoms with Crippen LogP contribution in [-0.4, -0.2) is 33.7 Å². The second kappa shape index (κ2) is 7.42. The fourth-order valence-electron chi connectivity index (χ4n) is 3.03. The average Bonchev–Trinajstić information content (AvgIpc) is 2.54. The first kappa shape index (κ1) is 18.9. The lowest BCUT2D eigenvalue weighted by atomic mass is 10.2. The second-order valence-corrected chi connectivity index (χ2v) is 8.51. The van der Waals surface area contributed by atoms with E-state index in [-0.39, 0.29) is 22.8 Å². The molecule has 8 heteroatoms. The number of nitrogens with one attached hydrogen (secondary N) is 1. The standard InChI is InChI=1S/C18H20ClFN2O3S/c1-12-10-22(11-13(2)25-12)18-8-5-15(9-17(18)20)21-26(23,24)16-6-3-14(19)4-7-16/h3-9,12-13,21H,10-11H2,1-2H3. The summed E-state index contributed by atoms with van der Waals surface area (Å²) in [4.78, 5) is 1.97. The van der Waals surface area contributed by atoms with Crippen molar-refractivity contribution in [1.82, 2.24) is 0 Å². The van der Waals surface area contributed by atoms with Crippen LogP contribution in [0.15, 0.2) is 47.4 Å². The Kier molecular flexibility index (Phi) is 5.41. The van der Waals surface area contributed by atoms with Crippen LogP contribution in [0.2, 0.25) is 5.02 Å². The molecular weight excluding hydrogens is 379 g/mol. The summed E-state index contributed by atoms with van der Waals surface area (Å²) < 4.78 is 47.4. The van der Waals surface area contributed by atoms with E-state index in [2.05, 4.69) is 4.72 Å². The van der Waals surface area contributed by atoms with Crippen molar-refractivity contribution in [2.75, 3.05) is 22.7 Å². The highest BCUT2D eigenvalue weighted by atomic mass is 35.5. The van der Waals surface area contributed by atoms with Gasteiger partial charge in [0.1, 0.15) is 5.82 Å². The van der Waals surface area contributed by atoms with Gasteiger partial charge in [-0.25, -0.2) is 12.8 Å². The van der Waals surface area contributed by atoms with Crippen molar-refractivity contribution in [1.29, 1.82) is 0 Å². The third-order valence-electron chi connectivity index (χ3n) is 4.08. The van der Waals surface area contributed by atoms with Crippen molar-refractivity contribution >= 4 is 33.0 Å². The number of sulfonamides is 1. The van der Waals surface area contributed by atoms with Gasteiger partial charge in [-0.2, -0.15) is 0 Å². The van der Waals surface area contributed by atoms with Crippen molar-refractivity contribution in [2.24, 2.45) is 0 Å². The number of morpholine rings is 1. The zero-order valence-corrected chi connectivity index (χ0v) is 16.0. The highest BCUT2D eigenvalue weighted by Gasteiger charge is 2.24. The van der Waals surface area contributed by atoms with Crippen LogP contribution in [0.4, 0.5) is 15.8 Å². The quantitative estimate of drug-likeness (QED) is 0.848. The predicted octanol–water partition coefficient (Wildman–Crippen LogP) is 3.89. The van der Waals surface area contributed by atoms with Crippen LogP contribution in [0, 0.1) is 5.82 Å². The summed E-state index contributed by atoms with van der Waals surface area (Å²) in [6, 6.07) is 10.1. The van der Waals surface area contributed by atoms with Gasteiger partial charge in [-0.05, 0) is 50.2 Å². The summed E-state index contributed by atoms with van der Waals surface area (Å²) in [5, 5.41) is 0.438. The molecule has 2 atom stereocenters. The maximum absolute atomic E-state index is 14.6. The molecule has 1 aliphatic heterocycles. The molecule has 2 aromatic carbocycles. The summed E-state index contributed by atoms with van der Waals surface area (Å²) in [5.41, 5.74) is 0.594. The molecule has 1 fully saturated rings. The molecule has 2 aromatic rings. The van der Waals surface area contributed by atoms with Crippen molar-refractivity contribution in [2.45, 2.75) is 31.0 Å². The van der Waals surface area contributed by atoms with Crippen molar-refractivity contribution in [3.8, 4) is 0 Å². The Hall–Kier alpha value is -1.83. The van der Waals surface area contributed by atoms with E-state index in [0.717, 1.165) is 0 Å². The van der Waals surface area contributed by atoms with Gasteiger partial charge < -0.3 is 9.64 Å². The molecular formula is C18H20ClFN2O3S. The molecule has 5 nitrogen and oxygen atoms in total. The van der Waals surface area contributed by atoms with Crippen LogP contribution in [-0.2, 0) is 14.8 Å². The molecule has 0 aliphatic carbocycles. The summed E-state index contributed by atoms with van der Waals surface area (Å²) >= 11 is 5.78. The molecule has 0 bridgehead atoms. The summed E-state index contributed by atoms with van der Waals surface area (Å²) in [7, 11) is -3.81. The van der Waals surface area contributed by atoms with E-state index in [9.17, 15) is 12.8 Å². The van der Waals surface area contributed by atoms with Gasteiger partial charge in [0.15, 0.2) is 0 Å². The summed E-state index contributed by atoms with van der Waals surface area (Å²) in [5.74, 6) is -0.484. The first-order valence-corrected chi connectivity index (χ1v) is 10.1. The van der Waals surface area contributed by atoms with E-state index in [1.807, 2.05) is 18.7 Å². The molecule has 0 saturated carbocycles. The van der Waals surface area contributed by atoms with E-state index in [0.29, 0.717) is 23.8 Å². The number of halogens is 2. The average molecular weight is 399 g/mol. The molecule has 1 N–H and O–H groups in total. The fourth-order valence-corrected chi connectivity index (χ4v) is 4.20. The number of nitrogens with zero attached hydrogens (tertiary/aromatic N) is 1. The van der Waals surface area contributed by atoms with Crippen LogP contribution in [0.5, 0.6) is 0 Å². The zero-order chi connectivity index (χ0) is 18.9.